The standard InChI is InChI=1S/C41H53N3O12/c1-4-5-36-55-34-21-31-30-11-10-28-20-29(45)12-13-39(28,2)37(30)32(46)22-40(31,3)41(34,56-36)33(47)25-53-35(48)23-43-16-14-42(15-17-43)18-19-52-38(49)27-8-6-26(7-9-27)24-54-44(50)51/h6-9,12-13,20,30-32,34,36-37,46H,4-5,10-11,14-19,21-25H2,1-3H3/t30?,31?,32-,34+,36?,37?,39-,40-,41+/m0/s1. The molecule has 6 aliphatic rings. The van der Waals surface area contributed by atoms with E-state index < -0.39 is 58.6 Å². The Labute approximate surface area is 326 Å². The predicted octanol–water partition coefficient (Wildman–Crippen LogP) is 3.45. The Morgan fingerprint density at radius 2 is 1.80 bits per heavy atom. The van der Waals surface area contributed by atoms with E-state index in [1.807, 2.05) is 17.9 Å². The van der Waals surface area contributed by atoms with Crippen LogP contribution in [0.2, 0.25) is 0 Å². The van der Waals surface area contributed by atoms with Gasteiger partial charge in [0, 0.05) is 49.5 Å². The number of carbonyl (C=O) groups excluding carboxylic acids is 4. The number of carbonyl (C=O) groups is 4. The topological polar surface area (TPSA) is 184 Å². The molecular formula is C41H53N3O12. The second-order valence-electron chi connectivity index (χ2n) is 16.7. The third-order valence-electron chi connectivity index (χ3n) is 13.6. The fraction of sp³-hybridized carbons (Fsp3) is 0.659. The highest BCUT2D eigenvalue weighted by Gasteiger charge is 2.76. The van der Waals surface area contributed by atoms with Crippen LogP contribution < -0.4 is 0 Å². The Morgan fingerprint density at radius 1 is 1.07 bits per heavy atom. The van der Waals surface area contributed by atoms with Gasteiger partial charge in [-0.2, -0.15) is 0 Å². The Balaban J connectivity index is 0.911. The zero-order chi connectivity index (χ0) is 39.8. The quantitative estimate of drug-likeness (QED) is 0.165. The van der Waals surface area contributed by atoms with Crippen LogP contribution in [0, 0.1) is 38.7 Å². The highest BCUT2D eigenvalue weighted by atomic mass is 16.9. The van der Waals surface area contributed by atoms with Crippen LogP contribution in [0.1, 0.15) is 75.2 Å². The van der Waals surface area contributed by atoms with Gasteiger partial charge >= 0.3 is 11.9 Å². The summed E-state index contributed by atoms with van der Waals surface area (Å²) in [5, 5.41) is 21.5. The van der Waals surface area contributed by atoms with Crippen molar-refractivity contribution in [2.24, 2.45) is 28.6 Å². The highest BCUT2D eigenvalue weighted by Crippen LogP contribution is 2.69. The molecule has 0 bridgehead atoms. The van der Waals surface area contributed by atoms with E-state index in [0.29, 0.717) is 63.1 Å². The van der Waals surface area contributed by atoms with Crippen molar-refractivity contribution in [3.05, 3.63) is 69.3 Å². The first-order chi connectivity index (χ1) is 26.8. The summed E-state index contributed by atoms with van der Waals surface area (Å²) in [5.41, 5.74) is -0.594. The fourth-order valence-electron chi connectivity index (χ4n) is 10.9. The van der Waals surface area contributed by atoms with Crippen LogP contribution in [-0.4, -0.2) is 120 Å². The molecule has 5 fully saturated rings. The summed E-state index contributed by atoms with van der Waals surface area (Å²) < 4.78 is 24.3. The number of hydrogen-bond donors (Lipinski definition) is 1. The average molecular weight is 780 g/mol. The SMILES string of the molecule is CCCC1O[C@@H]2CC3C4CCC5=CC(=O)C=C[C@]5(C)C4[C@@H](O)C[C@]3(C)[C@]2(C(=O)COC(=O)CN2CCN(CCOC(=O)c3ccc(CO[N+](=O)[O-])cc3)CC2)O1. The number of allylic oxidation sites excluding steroid dienone is 4. The molecule has 304 valence electrons. The molecule has 0 amide bonds. The number of hydrogen-bond acceptors (Lipinski definition) is 14. The minimum atomic E-state index is -1.36. The van der Waals surface area contributed by atoms with Gasteiger partial charge in [-0.25, -0.2) is 4.79 Å². The Morgan fingerprint density at radius 3 is 2.52 bits per heavy atom. The fourth-order valence-corrected chi connectivity index (χ4v) is 10.9. The van der Waals surface area contributed by atoms with Gasteiger partial charge < -0.3 is 28.9 Å². The molecule has 2 saturated heterocycles. The van der Waals surface area contributed by atoms with Crippen LogP contribution in [0.3, 0.4) is 0 Å². The predicted molar refractivity (Wildman–Crippen MR) is 198 cm³/mol. The molecule has 4 unspecified atom stereocenters. The molecule has 9 atom stereocenters. The molecule has 15 heteroatoms. The van der Waals surface area contributed by atoms with E-state index in [9.17, 15) is 34.4 Å². The van der Waals surface area contributed by atoms with E-state index in [-0.39, 0.29) is 49.1 Å². The van der Waals surface area contributed by atoms with Crippen LogP contribution in [0.5, 0.6) is 0 Å². The zero-order valence-corrected chi connectivity index (χ0v) is 32.4. The van der Waals surface area contributed by atoms with Gasteiger partial charge in [-0.05, 0) is 73.8 Å². The average Bonchev–Trinajstić information content (AvgIpc) is 3.65. The molecule has 0 aromatic heterocycles. The molecule has 2 aliphatic heterocycles. The van der Waals surface area contributed by atoms with E-state index in [0.717, 1.165) is 24.8 Å². The van der Waals surface area contributed by atoms with Crippen LogP contribution >= 0.6 is 0 Å². The van der Waals surface area contributed by atoms with Crippen LogP contribution in [0.15, 0.2) is 48.1 Å². The van der Waals surface area contributed by atoms with Crippen LogP contribution in [0.4, 0.5) is 0 Å². The van der Waals surface area contributed by atoms with Gasteiger partial charge in [0.25, 0.3) is 5.09 Å². The molecule has 3 saturated carbocycles. The summed E-state index contributed by atoms with van der Waals surface area (Å²) in [5.74, 6) is -1.32. The normalized spacial score (nSPS) is 35.1. The lowest BCUT2D eigenvalue weighted by Gasteiger charge is -2.59. The van der Waals surface area contributed by atoms with Gasteiger partial charge in [0.2, 0.25) is 5.78 Å². The van der Waals surface area contributed by atoms with Gasteiger partial charge in [-0.1, -0.05) is 51.0 Å². The number of ketones is 2. The number of nitrogens with zero attached hydrogens (tertiary/aromatic N) is 3. The molecule has 4 aliphatic carbocycles. The Hall–Kier alpha value is -4.02. The first-order valence-electron chi connectivity index (χ1n) is 19.9. The van der Waals surface area contributed by atoms with Crippen molar-refractivity contribution in [2.75, 3.05) is 52.5 Å². The van der Waals surface area contributed by atoms with Gasteiger partial charge in [0.05, 0.1) is 24.3 Å². The van der Waals surface area contributed by atoms with E-state index in [4.69, 9.17) is 18.9 Å². The van der Waals surface area contributed by atoms with Crippen molar-refractivity contribution in [1.82, 2.24) is 9.80 Å². The Bertz CT molecular complexity index is 1760. The zero-order valence-electron chi connectivity index (χ0n) is 32.4. The Kier molecular flexibility index (Phi) is 11.5. The number of aliphatic hydroxyl groups excluding tert-OH is 1. The number of aliphatic hydroxyl groups is 1. The number of Topliss-reactive ketones (excluding diaryl/α,β-unsaturated/α-hetero) is 1. The summed E-state index contributed by atoms with van der Waals surface area (Å²) in [4.78, 5) is 71.2. The number of rotatable bonds is 14. The maximum absolute atomic E-state index is 14.5. The maximum Gasteiger partial charge on any atom is 0.338 e. The second-order valence-corrected chi connectivity index (χ2v) is 16.7. The van der Waals surface area contributed by atoms with E-state index in [1.54, 1.807) is 24.3 Å². The smallest absolute Gasteiger partial charge is 0.338 e. The maximum atomic E-state index is 14.5. The van der Waals surface area contributed by atoms with Gasteiger partial charge in [0.1, 0.15) is 13.2 Å². The molecule has 1 aromatic carbocycles. The summed E-state index contributed by atoms with van der Waals surface area (Å²) in [6.45, 7) is 8.76. The number of esters is 2. The molecule has 2 heterocycles. The number of ether oxygens (including phenoxy) is 4. The minimum absolute atomic E-state index is 0.0180. The van der Waals surface area contributed by atoms with Crippen LogP contribution in [-0.2, 0) is 44.8 Å². The van der Waals surface area contributed by atoms with Gasteiger partial charge in [-0.3, -0.25) is 24.2 Å². The van der Waals surface area contributed by atoms with E-state index in [1.165, 1.54) is 12.1 Å². The third kappa shape index (κ3) is 7.44. The number of piperazine rings is 1. The van der Waals surface area contributed by atoms with E-state index >= 15 is 0 Å². The third-order valence-corrected chi connectivity index (χ3v) is 13.6. The molecule has 1 N–H and O–H groups in total. The summed E-state index contributed by atoms with van der Waals surface area (Å²) in [6.07, 6.45) is 7.44. The molecule has 56 heavy (non-hydrogen) atoms. The monoisotopic (exact) mass is 779 g/mol. The lowest BCUT2D eigenvalue weighted by atomic mass is 9.46. The molecule has 15 nitrogen and oxygen atoms in total. The first-order valence-corrected chi connectivity index (χ1v) is 19.9. The molecule has 1 aromatic rings. The van der Waals surface area contributed by atoms with Crippen molar-refractivity contribution in [3.63, 3.8) is 0 Å². The van der Waals surface area contributed by atoms with Crippen molar-refractivity contribution in [1.29, 1.82) is 0 Å². The minimum Gasteiger partial charge on any atom is -0.461 e. The summed E-state index contributed by atoms with van der Waals surface area (Å²) >= 11 is 0. The molecule has 7 rings (SSSR count). The lowest BCUT2D eigenvalue weighted by Crippen LogP contribution is -2.63. The van der Waals surface area contributed by atoms with Gasteiger partial charge in [-0.15, -0.1) is 10.1 Å². The van der Waals surface area contributed by atoms with Crippen molar-refractivity contribution in [2.45, 2.75) is 90.0 Å². The lowest BCUT2D eigenvalue weighted by molar-refractivity contribution is -0.763. The summed E-state index contributed by atoms with van der Waals surface area (Å²) in [6, 6.07) is 6.21. The van der Waals surface area contributed by atoms with E-state index in [2.05, 4.69) is 23.6 Å². The van der Waals surface area contributed by atoms with Crippen molar-refractivity contribution in [3.8, 4) is 0 Å². The number of benzene rings is 1. The molecule has 0 radical (unpaired) electrons. The highest BCUT2D eigenvalue weighted by molar-refractivity contribution is 6.01. The van der Waals surface area contributed by atoms with Crippen molar-refractivity contribution >= 4 is 23.5 Å². The largest absolute Gasteiger partial charge is 0.461 e. The number of fused-ring (bicyclic) bond motifs is 7. The van der Waals surface area contributed by atoms with Crippen LogP contribution in [0.25, 0.3) is 0 Å². The second kappa shape index (κ2) is 16.1. The molecule has 0 spiro atoms. The molecular weight excluding hydrogens is 726 g/mol. The van der Waals surface area contributed by atoms with Crippen molar-refractivity contribution < 1.29 is 53.2 Å². The summed E-state index contributed by atoms with van der Waals surface area (Å²) in [7, 11) is 0. The first kappa shape index (κ1) is 40.2. The van der Waals surface area contributed by atoms with Gasteiger partial charge in [0.15, 0.2) is 24.3 Å².